The standard InChI is InChI=1S/C14H16FNO5/c1-8(14(19)20)16-13(18)6-4-11(17)9-3-5-12(21-2)10(15)7-9/h3,5,7-8H,4,6H2,1-2H3,(H,16,18)(H,19,20). The maximum atomic E-state index is 13.4. The monoisotopic (exact) mass is 297 g/mol. The number of carboxylic acid groups (broad SMARTS) is 1. The highest BCUT2D eigenvalue weighted by Gasteiger charge is 2.16. The van der Waals surface area contributed by atoms with E-state index in [1.165, 1.54) is 26.2 Å². The van der Waals surface area contributed by atoms with Crippen molar-refractivity contribution in [3.63, 3.8) is 0 Å². The molecule has 21 heavy (non-hydrogen) atoms. The number of halogens is 1. The number of rotatable bonds is 7. The second-order valence-corrected chi connectivity index (χ2v) is 4.40. The summed E-state index contributed by atoms with van der Waals surface area (Å²) in [5.41, 5.74) is 0.132. The van der Waals surface area contributed by atoms with Crippen molar-refractivity contribution in [3.05, 3.63) is 29.6 Å². The summed E-state index contributed by atoms with van der Waals surface area (Å²) in [7, 11) is 1.31. The van der Waals surface area contributed by atoms with Crippen LogP contribution in [-0.4, -0.2) is 35.9 Å². The molecule has 114 valence electrons. The fourth-order valence-electron chi connectivity index (χ4n) is 1.59. The molecule has 1 rings (SSSR count). The van der Waals surface area contributed by atoms with Crippen molar-refractivity contribution in [3.8, 4) is 5.75 Å². The lowest BCUT2D eigenvalue weighted by Crippen LogP contribution is -2.38. The van der Waals surface area contributed by atoms with E-state index in [2.05, 4.69) is 5.32 Å². The quantitative estimate of drug-likeness (QED) is 0.742. The van der Waals surface area contributed by atoms with Crippen LogP contribution in [-0.2, 0) is 9.59 Å². The van der Waals surface area contributed by atoms with Crippen LogP contribution in [0.4, 0.5) is 4.39 Å². The van der Waals surface area contributed by atoms with Crippen molar-refractivity contribution < 1.29 is 28.6 Å². The summed E-state index contributed by atoms with van der Waals surface area (Å²) in [4.78, 5) is 33.8. The number of carbonyl (C=O) groups is 3. The first-order chi connectivity index (χ1) is 9.85. The van der Waals surface area contributed by atoms with E-state index < -0.39 is 29.5 Å². The van der Waals surface area contributed by atoms with Gasteiger partial charge in [0.2, 0.25) is 5.91 Å². The van der Waals surface area contributed by atoms with Crippen molar-refractivity contribution >= 4 is 17.7 Å². The summed E-state index contributed by atoms with van der Waals surface area (Å²) < 4.78 is 18.2. The molecule has 1 aromatic rings. The number of hydrogen-bond donors (Lipinski definition) is 2. The van der Waals surface area contributed by atoms with Gasteiger partial charge in [-0.2, -0.15) is 0 Å². The Hall–Kier alpha value is -2.44. The zero-order valence-corrected chi connectivity index (χ0v) is 11.7. The molecule has 1 atom stereocenters. The highest BCUT2D eigenvalue weighted by molar-refractivity contribution is 5.98. The highest BCUT2D eigenvalue weighted by atomic mass is 19.1. The van der Waals surface area contributed by atoms with Crippen LogP contribution in [0.3, 0.4) is 0 Å². The zero-order valence-electron chi connectivity index (χ0n) is 11.7. The lowest BCUT2D eigenvalue weighted by atomic mass is 10.1. The molecule has 2 N–H and O–H groups in total. The van der Waals surface area contributed by atoms with Gasteiger partial charge in [-0.3, -0.25) is 14.4 Å². The first-order valence-corrected chi connectivity index (χ1v) is 6.24. The predicted molar refractivity (Wildman–Crippen MR) is 71.8 cm³/mol. The Kier molecular flexibility index (Phi) is 5.83. The third-order valence-corrected chi connectivity index (χ3v) is 2.80. The maximum absolute atomic E-state index is 13.4. The zero-order chi connectivity index (χ0) is 16.0. The van der Waals surface area contributed by atoms with Gasteiger partial charge in [0.1, 0.15) is 6.04 Å². The van der Waals surface area contributed by atoms with Crippen molar-refractivity contribution in [1.29, 1.82) is 0 Å². The maximum Gasteiger partial charge on any atom is 0.325 e. The Bertz CT molecular complexity index is 558. The smallest absolute Gasteiger partial charge is 0.325 e. The molecule has 1 aromatic carbocycles. The van der Waals surface area contributed by atoms with Crippen LogP contribution < -0.4 is 10.1 Å². The minimum Gasteiger partial charge on any atom is -0.494 e. The molecule has 0 spiro atoms. The summed E-state index contributed by atoms with van der Waals surface area (Å²) in [6, 6.07) is 2.75. The number of nitrogens with one attached hydrogen (secondary N) is 1. The molecule has 0 aliphatic rings. The van der Waals surface area contributed by atoms with Gasteiger partial charge in [-0.1, -0.05) is 0 Å². The number of carboxylic acids is 1. The molecule has 0 saturated carbocycles. The lowest BCUT2D eigenvalue weighted by molar-refractivity contribution is -0.141. The van der Waals surface area contributed by atoms with Crippen molar-refractivity contribution in [2.24, 2.45) is 0 Å². The SMILES string of the molecule is COc1ccc(C(=O)CCC(=O)NC(C)C(=O)O)cc1F. The van der Waals surface area contributed by atoms with Crippen LogP contribution in [0.1, 0.15) is 30.1 Å². The Morgan fingerprint density at radius 2 is 2.00 bits per heavy atom. The fourth-order valence-corrected chi connectivity index (χ4v) is 1.59. The third-order valence-electron chi connectivity index (χ3n) is 2.80. The Labute approximate surface area is 120 Å². The molecule has 0 aliphatic heterocycles. The van der Waals surface area contributed by atoms with Crippen molar-refractivity contribution in [2.45, 2.75) is 25.8 Å². The number of hydrogen-bond acceptors (Lipinski definition) is 4. The molecule has 0 aliphatic carbocycles. The van der Waals surface area contributed by atoms with Crippen molar-refractivity contribution in [1.82, 2.24) is 5.32 Å². The minimum atomic E-state index is -1.16. The summed E-state index contributed by atoms with van der Waals surface area (Å²) in [5, 5.41) is 10.9. The molecule has 0 saturated heterocycles. The van der Waals surface area contributed by atoms with Crippen molar-refractivity contribution in [2.75, 3.05) is 7.11 Å². The number of ketones is 1. The first kappa shape index (κ1) is 16.6. The summed E-state index contributed by atoms with van der Waals surface area (Å²) in [5.74, 6) is -2.75. The van der Waals surface area contributed by atoms with Gasteiger partial charge < -0.3 is 15.2 Å². The number of aliphatic carboxylic acids is 1. The van der Waals surface area contributed by atoms with Gasteiger partial charge in [0, 0.05) is 18.4 Å². The molecule has 0 aromatic heterocycles. The molecule has 1 unspecified atom stereocenters. The fraction of sp³-hybridized carbons (Fsp3) is 0.357. The number of methoxy groups -OCH3 is 1. The van der Waals surface area contributed by atoms with Crippen LogP contribution in [0.15, 0.2) is 18.2 Å². The van der Waals surface area contributed by atoms with Crippen LogP contribution in [0.5, 0.6) is 5.75 Å². The Balaban J connectivity index is 2.56. The number of ether oxygens (including phenoxy) is 1. The van der Waals surface area contributed by atoms with Gasteiger partial charge in [-0.05, 0) is 25.1 Å². The second-order valence-electron chi connectivity index (χ2n) is 4.40. The Morgan fingerprint density at radius 3 is 2.52 bits per heavy atom. The average molecular weight is 297 g/mol. The van der Waals surface area contributed by atoms with E-state index >= 15 is 0 Å². The van der Waals surface area contributed by atoms with Crippen LogP contribution in [0.25, 0.3) is 0 Å². The average Bonchev–Trinajstić information content (AvgIpc) is 2.44. The topological polar surface area (TPSA) is 92.7 Å². The number of carbonyl (C=O) groups excluding carboxylic acids is 2. The summed E-state index contributed by atoms with van der Waals surface area (Å²) in [6.07, 6.45) is -0.298. The van der Waals surface area contributed by atoms with E-state index in [0.717, 1.165) is 6.07 Å². The summed E-state index contributed by atoms with van der Waals surface area (Å²) in [6.45, 7) is 1.32. The van der Waals surface area contributed by atoms with E-state index in [-0.39, 0.29) is 24.2 Å². The minimum absolute atomic E-state index is 0.0274. The molecular formula is C14H16FNO5. The third kappa shape index (κ3) is 4.87. The van der Waals surface area contributed by atoms with Gasteiger partial charge >= 0.3 is 5.97 Å². The highest BCUT2D eigenvalue weighted by Crippen LogP contribution is 2.18. The largest absolute Gasteiger partial charge is 0.494 e. The van der Waals surface area contributed by atoms with E-state index in [0.29, 0.717) is 0 Å². The van der Waals surface area contributed by atoms with Gasteiger partial charge in [0.25, 0.3) is 0 Å². The molecule has 0 bridgehead atoms. The van der Waals surface area contributed by atoms with Crippen LogP contribution >= 0.6 is 0 Å². The first-order valence-electron chi connectivity index (χ1n) is 6.24. The summed E-state index contributed by atoms with van der Waals surface area (Å²) >= 11 is 0. The lowest BCUT2D eigenvalue weighted by Gasteiger charge is -2.09. The van der Waals surface area contributed by atoms with Gasteiger partial charge in [0.15, 0.2) is 17.3 Å². The van der Waals surface area contributed by atoms with Crippen LogP contribution in [0.2, 0.25) is 0 Å². The Morgan fingerprint density at radius 1 is 1.33 bits per heavy atom. The van der Waals surface area contributed by atoms with Crippen LogP contribution in [0, 0.1) is 5.82 Å². The number of Topliss-reactive ketones (excluding diaryl/α,β-unsaturated/α-hetero) is 1. The molecule has 6 nitrogen and oxygen atoms in total. The molecular weight excluding hydrogens is 281 g/mol. The van der Waals surface area contributed by atoms with E-state index in [1.54, 1.807) is 0 Å². The number of benzene rings is 1. The van der Waals surface area contributed by atoms with E-state index in [9.17, 15) is 18.8 Å². The number of amides is 1. The van der Waals surface area contributed by atoms with E-state index in [4.69, 9.17) is 9.84 Å². The van der Waals surface area contributed by atoms with Gasteiger partial charge in [-0.15, -0.1) is 0 Å². The van der Waals surface area contributed by atoms with Gasteiger partial charge in [-0.25, -0.2) is 4.39 Å². The molecule has 0 radical (unpaired) electrons. The molecule has 1 amide bonds. The predicted octanol–water partition coefficient (Wildman–Crippen LogP) is 1.39. The second kappa shape index (κ2) is 7.37. The normalized spacial score (nSPS) is 11.6. The molecule has 0 fully saturated rings. The molecule has 7 heteroatoms. The molecule has 0 heterocycles. The van der Waals surface area contributed by atoms with E-state index in [1.807, 2.05) is 0 Å². The van der Waals surface area contributed by atoms with Gasteiger partial charge in [0.05, 0.1) is 7.11 Å².